The zero-order valence-electron chi connectivity index (χ0n) is 17.7. The summed E-state index contributed by atoms with van der Waals surface area (Å²) in [7, 11) is 3.47. The van der Waals surface area contributed by atoms with Crippen molar-refractivity contribution in [1.29, 1.82) is 0 Å². The second-order valence-corrected chi connectivity index (χ2v) is 7.89. The number of carbonyl (C=O) groups is 2. The van der Waals surface area contributed by atoms with Crippen molar-refractivity contribution in [3.8, 4) is 0 Å². The lowest BCUT2D eigenvalue weighted by atomic mass is 10.2. The normalized spacial score (nSPS) is 14.0. The number of carbonyl (C=O) groups excluding carboxylic acids is 2. The molecule has 0 atom stereocenters. The molecule has 8 heteroatoms. The first kappa shape index (κ1) is 20.7. The number of aromatic nitrogens is 1. The van der Waals surface area contributed by atoms with Crippen molar-refractivity contribution in [2.45, 2.75) is 6.54 Å². The molecule has 7 nitrogen and oxygen atoms in total. The van der Waals surface area contributed by atoms with Crippen LogP contribution in [-0.4, -0.2) is 66.6 Å². The number of nitrogens with zero attached hydrogens (tertiary/aromatic N) is 4. The summed E-state index contributed by atoms with van der Waals surface area (Å²) in [6.07, 6.45) is 1.88. The second-order valence-electron chi connectivity index (χ2n) is 7.89. The smallest absolute Gasteiger partial charge is 0.321 e. The van der Waals surface area contributed by atoms with Crippen LogP contribution in [0.2, 0.25) is 0 Å². The number of fused-ring (bicyclic) bond motifs is 1. The van der Waals surface area contributed by atoms with Crippen LogP contribution in [0.15, 0.2) is 54.7 Å². The first-order valence-corrected chi connectivity index (χ1v) is 10.3. The van der Waals surface area contributed by atoms with Gasteiger partial charge in [0.1, 0.15) is 12.4 Å². The van der Waals surface area contributed by atoms with E-state index in [2.05, 4.69) is 10.2 Å². The van der Waals surface area contributed by atoms with Crippen molar-refractivity contribution in [2.24, 2.45) is 0 Å². The van der Waals surface area contributed by atoms with E-state index in [9.17, 15) is 14.0 Å². The second kappa shape index (κ2) is 8.67. The summed E-state index contributed by atoms with van der Waals surface area (Å²) in [5, 5.41) is 3.93. The molecule has 3 aromatic rings. The molecule has 0 unspecified atom stereocenters. The number of urea groups is 1. The van der Waals surface area contributed by atoms with Gasteiger partial charge in [-0.3, -0.25) is 4.79 Å². The topological polar surface area (TPSA) is 60.8 Å². The Hall–Kier alpha value is -3.55. The van der Waals surface area contributed by atoms with Gasteiger partial charge < -0.3 is 24.6 Å². The van der Waals surface area contributed by atoms with Gasteiger partial charge in [0.15, 0.2) is 0 Å². The predicted molar refractivity (Wildman–Crippen MR) is 120 cm³/mol. The Kier molecular flexibility index (Phi) is 5.79. The van der Waals surface area contributed by atoms with Gasteiger partial charge in [0.25, 0.3) is 0 Å². The maximum atomic E-state index is 13.1. The number of halogens is 1. The van der Waals surface area contributed by atoms with Gasteiger partial charge in [-0.25, -0.2) is 9.18 Å². The molecular formula is C23H26FN5O2. The predicted octanol–water partition coefficient (Wildman–Crippen LogP) is 3.22. The fraction of sp³-hybridized carbons (Fsp3) is 0.304. The summed E-state index contributed by atoms with van der Waals surface area (Å²) < 4.78 is 15.0. The molecule has 2 heterocycles. The van der Waals surface area contributed by atoms with Crippen molar-refractivity contribution in [1.82, 2.24) is 14.4 Å². The largest absolute Gasteiger partial charge is 0.368 e. The first-order valence-electron chi connectivity index (χ1n) is 10.3. The summed E-state index contributed by atoms with van der Waals surface area (Å²) in [5.74, 6) is -0.229. The van der Waals surface area contributed by atoms with E-state index in [0.717, 1.165) is 22.3 Å². The molecule has 1 aliphatic rings. The van der Waals surface area contributed by atoms with Crippen molar-refractivity contribution in [2.75, 3.05) is 50.5 Å². The molecule has 1 saturated heterocycles. The number of likely N-dealkylation sites (N-methyl/N-ethyl adjacent to an activating group) is 1. The molecule has 31 heavy (non-hydrogen) atoms. The average molecular weight is 423 g/mol. The molecule has 1 aliphatic heterocycles. The monoisotopic (exact) mass is 423 g/mol. The van der Waals surface area contributed by atoms with Crippen molar-refractivity contribution in [3.63, 3.8) is 0 Å². The summed E-state index contributed by atoms with van der Waals surface area (Å²) in [6, 6.07) is 13.9. The molecule has 4 rings (SSSR count). The highest BCUT2D eigenvalue weighted by Gasteiger charge is 2.21. The molecule has 162 valence electrons. The zero-order valence-corrected chi connectivity index (χ0v) is 17.7. The molecule has 3 amide bonds. The number of rotatable bonds is 4. The highest BCUT2D eigenvalue weighted by Crippen LogP contribution is 2.22. The maximum absolute atomic E-state index is 13.1. The van der Waals surface area contributed by atoms with Crippen LogP contribution in [0.25, 0.3) is 10.9 Å². The fourth-order valence-corrected chi connectivity index (χ4v) is 3.73. The van der Waals surface area contributed by atoms with Crippen molar-refractivity contribution < 1.29 is 14.0 Å². The lowest BCUT2D eigenvalue weighted by Crippen LogP contribution is -2.50. The van der Waals surface area contributed by atoms with Crippen LogP contribution in [0, 0.1) is 5.82 Å². The summed E-state index contributed by atoms with van der Waals surface area (Å²) in [6.45, 7) is 2.85. The van der Waals surface area contributed by atoms with Gasteiger partial charge in [-0.1, -0.05) is 0 Å². The van der Waals surface area contributed by atoms with E-state index in [1.807, 2.05) is 35.0 Å². The Morgan fingerprint density at radius 1 is 1.00 bits per heavy atom. The van der Waals surface area contributed by atoms with Crippen LogP contribution in [0.4, 0.5) is 20.6 Å². The lowest BCUT2D eigenvalue weighted by molar-refractivity contribution is -0.129. The molecule has 1 fully saturated rings. The van der Waals surface area contributed by atoms with Gasteiger partial charge in [0.05, 0.1) is 0 Å². The van der Waals surface area contributed by atoms with Gasteiger partial charge in [0.2, 0.25) is 5.91 Å². The highest BCUT2D eigenvalue weighted by atomic mass is 19.1. The summed E-state index contributed by atoms with van der Waals surface area (Å²) >= 11 is 0. The number of piperazine rings is 1. The van der Waals surface area contributed by atoms with Crippen LogP contribution in [-0.2, 0) is 11.3 Å². The van der Waals surface area contributed by atoms with Crippen molar-refractivity contribution >= 4 is 34.2 Å². The Morgan fingerprint density at radius 2 is 1.71 bits per heavy atom. The highest BCUT2D eigenvalue weighted by molar-refractivity contribution is 5.93. The third kappa shape index (κ3) is 4.63. The number of amides is 3. The third-order valence-electron chi connectivity index (χ3n) is 5.59. The van der Waals surface area contributed by atoms with E-state index in [1.54, 1.807) is 36.0 Å². The first-order chi connectivity index (χ1) is 14.9. The van der Waals surface area contributed by atoms with E-state index in [4.69, 9.17) is 0 Å². The zero-order chi connectivity index (χ0) is 22.0. The summed E-state index contributed by atoms with van der Waals surface area (Å²) in [4.78, 5) is 30.2. The molecule has 2 aromatic carbocycles. The molecule has 1 aromatic heterocycles. The minimum absolute atomic E-state index is 0.0228. The average Bonchev–Trinajstić information content (AvgIpc) is 3.16. The molecular weight excluding hydrogens is 397 g/mol. The maximum Gasteiger partial charge on any atom is 0.321 e. The van der Waals surface area contributed by atoms with Gasteiger partial charge in [-0.2, -0.15) is 0 Å². The SMILES string of the molecule is CN(C)C(=O)Cn1ccc2cc(NC(=O)N3CCN(c4ccc(F)cc4)CC3)ccc21. The van der Waals surface area contributed by atoms with E-state index < -0.39 is 0 Å². The number of anilines is 2. The lowest BCUT2D eigenvalue weighted by Gasteiger charge is -2.36. The molecule has 0 bridgehead atoms. The minimum atomic E-state index is -0.252. The standard InChI is InChI=1S/C23H26FN5O2/c1-26(2)22(30)16-29-10-9-17-15-19(5-8-21(17)29)25-23(31)28-13-11-27(12-14-28)20-6-3-18(24)4-7-20/h3-10,15H,11-14,16H2,1-2H3,(H,25,31). The molecule has 0 saturated carbocycles. The van der Waals surface area contributed by atoms with E-state index in [1.165, 1.54) is 12.1 Å². The van der Waals surface area contributed by atoms with Gasteiger partial charge in [-0.15, -0.1) is 0 Å². The van der Waals surface area contributed by atoms with Crippen LogP contribution >= 0.6 is 0 Å². The number of nitrogens with one attached hydrogen (secondary N) is 1. The van der Waals surface area contributed by atoms with Crippen LogP contribution in [0.3, 0.4) is 0 Å². The van der Waals surface area contributed by atoms with Crippen molar-refractivity contribution in [3.05, 3.63) is 60.5 Å². The summed E-state index contributed by atoms with van der Waals surface area (Å²) in [5.41, 5.74) is 2.63. The molecule has 0 spiro atoms. The third-order valence-corrected chi connectivity index (χ3v) is 5.59. The molecule has 0 radical (unpaired) electrons. The van der Waals surface area contributed by atoms with Gasteiger partial charge in [0, 0.05) is 68.7 Å². The minimum Gasteiger partial charge on any atom is -0.368 e. The Labute approximate surface area is 180 Å². The molecule has 1 N–H and O–H groups in total. The van der Waals surface area contributed by atoms with Gasteiger partial charge in [-0.05, 0) is 48.5 Å². The number of hydrogen-bond acceptors (Lipinski definition) is 3. The van der Waals surface area contributed by atoms with Crippen LogP contribution in [0.1, 0.15) is 0 Å². The Morgan fingerprint density at radius 3 is 2.39 bits per heavy atom. The van der Waals surface area contributed by atoms with E-state index >= 15 is 0 Å². The Balaban J connectivity index is 1.36. The van der Waals surface area contributed by atoms with Crippen LogP contribution in [0.5, 0.6) is 0 Å². The van der Waals surface area contributed by atoms with Crippen LogP contribution < -0.4 is 10.2 Å². The number of benzene rings is 2. The quantitative estimate of drug-likeness (QED) is 0.701. The molecule has 0 aliphatic carbocycles. The van der Waals surface area contributed by atoms with Gasteiger partial charge >= 0.3 is 6.03 Å². The van der Waals surface area contributed by atoms with E-state index in [-0.39, 0.29) is 24.3 Å². The number of hydrogen-bond donors (Lipinski definition) is 1. The Bertz CT molecular complexity index is 1090. The fourth-order valence-electron chi connectivity index (χ4n) is 3.73. The van der Waals surface area contributed by atoms with E-state index in [0.29, 0.717) is 26.2 Å².